The molecule has 12 nitrogen and oxygen atoms in total. The Hall–Kier alpha value is -6.30. The third-order valence-electron chi connectivity index (χ3n) is 8.40. The Morgan fingerprint density at radius 1 is 0.673 bits per heavy atom. The van der Waals surface area contributed by atoms with Crippen LogP contribution >= 0.6 is 0 Å². The van der Waals surface area contributed by atoms with Crippen LogP contribution in [0.25, 0.3) is 12.2 Å². The second kappa shape index (κ2) is 17.1. The number of phenolic OH excluding ortho intramolecular Hbond substituents is 3. The van der Waals surface area contributed by atoms with Gasteiger partial charge in [0.05, 0.1) is 41.0 Å². The normalized spacial score (nSPS) is 14.8. The number of rotatable bonds is 15. The fourth-order valence-corrected chi connectivity index (χ4v) is 5.74. The highest BCUT2D eigenvalue weighted by atomic mass is 16.5. The van der Waals surface area contributed by atoms with Gasteiger partial charge in [-0.3, -0.25) is 0 Å². The number of ether oxygens (including phenoxy) is 7. The van der Waals surface area contributed by atoms with Crippen molar-refractivity contribution in [1.29, 1.82) is 0 Å². The number of carbonyl (C=O) groups is 2. The van der Waals surface area contributed by atoms with Crippen LogP contribution in [0.2, 0.25) is 0 Å². The Morgan fingerprint density at radius 3 is 1.79 bits per heavy atom. The molecule has 0 saturated carbocycles. The quantitative estimate of drug-likeness (QED) is 0.0699. The zero-order valence-corrected chi connectivity index (χ0v) is 29.2. The number of benzene rings is 4. The zero-order valence-electron chi connectivity index (χ0n) is 29.2. The predicted octanol–water partition coefficient (Wildman–Crippen LogP) is 6.50. The number of esters is 2. The first-order chi connectivity index (χ1) is 25.1. The number of hydrogen-bond donors (Lipinski definition) is 3. The van der Waals surface area contributed by atoms with Crippen molar-refractivity contribution >= 4 is 24.1 Å². The van der Waals surface area contributed by atoms with E-state index in [4.69, 9.17) is 33.2 Å². The molecule has 0 aliphatic carbocycles. The average molecular weight is 713 g/mol. The Kier molecular flexibility index (Phi) is 12.1. The SMILES string of the molecule is COc1cc(/C=C/C(=O)OCCCc2cc(OC)c3c(c2)C(COC(=O)/C=C/c2ccc(O)c(OC)c2)C(c2ccc(O)c(OC)c2)O3)ccc1O. The number of carbonyl (C=O) groups excluding carboxylic acids is 2. The van der Waals surface area contributed by atoms with Crippen molar-refractivity contribution in [2.45, 2.75) is 24.9 Å². The maximum atomic E-state index is 12.9. The number of methoxy groups -OCH3 is 4. The first-order valence-corrected chi connectivity index (χ1v) is 16.3. The van der Waals surface area contributed by atoms with Crippen molar-refractivity contribution in [2.24, 2.45) is 0 Å². The summed E-state index contributed by atoms with van der Waals surface area (Å²) in [5.74, 6) is 0.199. The Labute approximate surface area is 301 Å². The van der Waals surface area contributed by atoms with Crippen molar-refractivity contribution in [1.82, 2.24) is 0 Å². The van der Waals surface area contributed by atoms with Gasteiger partial charge in [0.25, 0.3) is 0 Å². The van der Waals surface area contributed by atoms with Gasteiger partial charge in [0.15, 0.2) is 46.0 Å². The second-order valence-corrected chi connectivity index (χ2v) is 11.7. The molecule has 5 rings (SSSR count). The lowest BCUT2D eigenvalue weighted by molar-refractivity contribution is -0.139. The van der Waals surface area contributed by atoms with E-state index >= 15 is 0 Å². The summed E-state index contributed by atoms with van der Waals surface area (Å²) in [7, 11) is 5.87. The van der Waals surface area contributed by atoms with Crippen LogP contribution in [0, 0.1) is 0 Å². The van der Waals surface area contributed by atoms with Gasteiger partial charge < -0.3 is 48.5 Å². The van der Waals surface area contributed by atoms with Crippen LogP contribution in [-0.4, -0.2) is 68.9 Å². The van der Waals surface area contributed by atoms with Gasteiger partial charge in [-0.15, -0.1) is 0 Å². The summed E-state index contributed by atoms with van der Waals surface area (Å²) in [5, 5.41) is 29.9. The smallest absolute Gasteiger partial charge is 0.330 e. The minimum atomic E-state index is -0.618. The van der Waals surface area contributed by atoms with Crippen molar-refractivity contribution in [3.63, 3.8) is 0 Å². The molecule has 12 heteroatoms. The standard InChI is InChI=1S/C40H40O12/c1-46-33-19-24(7-12-30(33)41)9-15-37(44)50-17-5-6-26-18-28-29(23-51-38(45)16-10-25-8-13-31(42)34(20-25)47-2)39(52-40(28)36(21-26)49-4)27-11-14-32(43)35(22-27)48-3/h7-16,18-22,29,39,41-43H,5-6,17,23H2,1-4H3/b15-9+,16-10+. The van der Waals surface area contributed by atoms with E-state index in [1.807, 2.05) is 12.1 Å². The van der Waals surface area contributed by atoms with Crippen molar-refractivity contribution in [2.75, 3.05) is 41.7 Å². The molecule has 52 heavy (non-hydrogen) atoms. The summed E-state index contributed by atoms with van der Waals surface area (Å²) >= 11 is 0. The minimum absolute atomic E-state index is 0.00112. The van der Waals surface area contributed by atoms with Crippen LogP contribution in [0.4, 0.5) is 0 Å². The van der Waals surface area contributed by atoms with E-state index in [1.165, 1.54) is 58.8 Å². The molecule has 2 atom stereocenters. The molecule has 3 N–H and O–H groups in total. The third-order valence-corrected chi connectivity index (χ3v) is 8.40. The van der Waals surface area contributed by atoms with Gasteiger partial charge in [-0.1, -0.05) is 24.3 Å². The second-order valence-electron chi connectivity index (χ2n) is 11.7. The van der Waals surface area contributed by atoms with E-state index in [0.717, 1.165) is 11.1 Å². The number of aryl methyl sites for hydroxylation is 1. The average Bonchev–Trinajstić information content (AvgIpc) is 3.53. The molecule has 2 unspecified atom stereocenters. The first kappa shape index (κ1) is 37.0. The summed E-state index contributed by atoms with van der Waals surface area (Å²) in [6, 6.07) is 18.2. The summed E-state index contributed by atoms with van der Waals surface area (Å²) in [6.45, 7) is 0.112. The molecule has 0 amide bonds. The van der Waals surface area contributed by atoms with E-state index < -0.39 is 24.0 Å². The molecule has 0 saturated heterocycles. The fourth-order valence-electron chi connectivity index (χ4n) is 5.74. The third kappa shape index (κ3) is 8.88. The lowest BCUT2D eigenvalue weighted by atomic mass is 9.90. The molecular formula is C40H40O12. The number of hydrogen-bond acceptors (Lipinski definition) is 12. The summed E-state index contributed by atoms with van der Waals surface area (Å²) < 4.78 is 38.9. The highest BCUT2D eigenvalue weighted by Crippen LogP contribution is 2.52. The molecule has 0 bridgehead atoms. The number of aromatic hydroxyl groups is 3. The Morgan fingerprint density at radius 2 is 1.21 bits per heavy atom. The van der Waals surface area contributed by atoms with Crippen molar-refractivity contribution in [3.8, 4) is 46.0 Å². The maximum absolute atomic E-state index is 12.9. The van der Waals surface area contributed by atoms with Gasteiger partial charge in [-0.05, 0) is 89.7 Å². The predicted molar refractivity (Wildman–Crippen MR) is 191 cm³/mol. The highest BCUT2D eigenvalue weighted by molar-refractivity contribution is 5.87. The molecule has 0 radical (unpaired) electrons. The van der Waals surface area contributed by atoms with Gasteiger partial charge in [0.2, 0.25) is 0 Å². The van der Waals surface area contributed by atoms with Gasteiger partial charge >= 0.3 is 11.9 Å². The van der Waals surface area contributed by atoms with E-state index in [9.17, 15) is 24.9 Å². The van der Waals surface area contributed by atoms with Gasteiger partial charge in [-0.25, -0.2) is 9.59 Å². The van der Waals surface area contributed by atoms with Crippen LogP contribution in [0.1, 0.15) is 46.3 Å². The molecule has 0 aromatic heterocycles. The lowest BCUT2D eigenvalue weighted by Crippen LogP contribution is -2.17. The molecular weight excluding hydrogens is 672 g/mol. The topological polar surface area (TPSA) is 159 Å². The van der Waals surface area contributed by atoms with E-state index in [2.05, 4.69) is 0 Å². The van der Waals surface area contributed by atoms with E-state index in [-0.39, 0.29) is 42.0 Å². The van der Waals surface area contributed by atoms with E-state index in [0.29, 0.717) is 46.8 Å². The fraction of sp³-hybridized carbons (Fsp3) is 0.250. The van der Waals surface area contributed by atoms with Crippen LogP contribution in [-0.2, 0) is 25.5 Å². The first-order valence-electron chi connectivity index (χ1n) is 16.3. The number of fused-ring (bicyclic) bond motifs is 1. The maximum Gasteiger partial charge on any atom is 0.330 e. The molecule has 272 valence electrons. The summed E-state index contributed by atoms with van der Waals surface area (Å²) in [4.78, 5) is 25.3. The molecule has 4 aromatic carbocycles. The molecule has 1 heterocycles. The summed E-state index contributed by atoms with van der Waals surface area (Å²) in [5.41, 5.74) is 3.63. The monoisotopic (exact) mass is 712 g/mol. The van der Waals surface area contributed by atoms with Crippen molar-refractivity contribution < 1.29 is 58.1 Å². The molecule has 4 aromatic rings. The molecule has 1 aliphatic rings. The largest absolute Gasteiger partial charge is 0.504 e. The van der Waals surface area contributed by atoms with Crippen LogP contribution in [0.5, 0.6) is 46.0 Å². The zero-order chi connectivity index (χ0) is 37.2. The van der Waals surface area contributed by atoms with Gasteiger partial charge in [0, 0.05) is 17.7 Å². The lowest BCUT2D eigenvalue weighted by Gasteiger charge is -2.20. The molecule has 0 fully saturated rings. The van der Waals surface area contributed by atoms with Crippen LogP contribution < -0.4 is 23.7 Å². The highest BCUT2D eigenvalue weighted by Gasteiger charge is 2.39. The Bertz CT molecular complexity index is 1960. The number of phenols is 3. The van der Waals surface area contributed by atoms with Gasteiger partial charge in [0.1, 0.15) is 12.7 Å². The molecule has 0 spiro atoms. The van der Waals surface area contributed by atoms with E-state index in [1.54, 1.807) is 48.6 Å². The minimum Gasteiger partial charge on any atom is -0.504 e. The van der Waals surface area contributed by atoms with Crippen molar-refractivity contribution in [3.05, 3.63) is 107 Å². The summed E-state index contributed by atoms with van der Waals surface area (Å²) in [6.07, 6.45) is 6.16. The van der Waals surface area contributed by atoms with Crippen LogP contribution in [0.3, 0.4) is 0 Å². The Balaban J connectivity index is 1.30. The van der Waals surface area contributed by atoms with Crippen LogP contribution in [0.15, 0.2) is 78.9 Å². The molecule has 1 aliphatic heterocycles. The van der Waals surface area contributed by atoms with Gasteiger partial charge in [-0.2, -0.15) is 0 Å².